The first kappa shape index (κ1) is 25.8. The number of ether oxygens (including phenoxy) is 4. The number of urea groups is 1. The van der Waals surface area contributed by atoms with Gasteiger partial charge in [0.15, 0.2) is 5.60 Å². The van der Waals surface area contributed by atoms with Crippen LogP contribution in [0.2, 0.25) is 0 Å². The molecule has 8 nitrogen and oxygen atoms in total. The number of esters is 1. The van der Waals surface area contributed by atoms with Crippen LogP contribution in [0.5, 0.6) is 17.2 Å². The van der Waals surface area contributed by atoms with Crippen LogP contribution in [0.15, 0.2) is 42.5 Å². The number of benzene rings is 2. The predicted octanol–water partition coefficient (Wildman–Crippen LogP) is 4.87. The smallest absolute Gasteiger partial charge is 0.349 e. The topological polar surface area (TPSA) is 86.3 Å². The quantitative estimate of drug-likeness (QED) is 0.484. The van der Waals surface area contributed by atoms with Gasteiger partial charge in [0.05, 0.1) is 26.5 Å². The van der Waals surface area contributed by atoms with Crippen LogP contribution in [0.25, 0.3) is 0 Å². The zero-order valence-electron chi connectivity index (χ0n) is 20.3. The second-order valence-electron chi connectivity index (χ2n) is 7.89. The van der Waals surface area contributed by atoms with Crippen molar-refractivity contribution < 1.29 is 28.5 Å². The maximum absolute atomic E-state index is 13.0. The first-order valence-electron chi connectivity index (χ1n) is 11.0. The standard InChI is InChI=1S/C25H34N2O6/c1-7-15-27(24(29)26-21-14-13-20(30-5)16-22(21)31-6)17-18-9-11-19(12-10-18)33-25(3,4)23(28)32-8-2/h9-14,16H,7-8,15,17H2,1-6H3,(H,26,29). The molecule has 0 saturated carbocycles. The summed E-state index contributed by atoms with van der Waals surface area (Å²) < 4.78 is 21.4. The van der Waals surface area contributed by atoms with Crippen LogP contribution in [-0.2, 0) is 16.1 Å². The van der Waals surface area contributed by atoms with Crippen LogP contribution in [0.4, 0.5) is 10.5 Å². The molecule has 0 unspecified atom stereocenters. The Hall–Kier alpha value is -3.42. The minimum absolute atomic E-state index is 0.232. The fourth-order valence-corrected chi connectivity index (χ4v) is 3.14. The molecule has 0 bridgehead atoms. The zero-order valence-corrected chi connectivity index (χ0v) is 20.3. The molecule has 0 saturated heterocycles. The summed E-state index contributed by atoms with van der Waals surface area (Å²) in [5.41, 5.74) is 0.402. The summed E-state index contributed by atoms with van der Waals surface area (Å²) in [6.45, 7) is 8.40. The molecular formula is C25H34N2O6. The lowest BCUT2D eigenvalue weighted by molar-refractivity contribution is -0.158. The van der Waals surface area contributed by atoms with Gasteiger partial charge < -0.3 is 29.2 Å². The molecule has 2 aromatic rings. The fourth-order valence-electron chi connectivity index (χ4n) is 3.14. The third kappa shape index (κ3) is 7.30. The Labute approximate surface area is 195 Å². The number of rotatable bonds is 11. The van der Waals surface area contributed by atoms with Crippen molar-refractivity contribution in [1.82, 2.24) is 4.90 Å². The molecule has 8 heteroatoms. The Kier molecular flexibility index (Phi) is 9.39. The van der Waals surface area contributed by atoms with Crippen molar-refractivity contribution in [3.8, 4) is 17.2 Å². The first-order valence-corrected chi connectivity index (χ1v) is 11.0. The highest BCUT2D eigenvalue weighted by molar-refractivity contribution is 5.91. The molecule has 0 atom stereocenters. The van der Waals surface area contributed by atoms with E-state index >= 15 is 0 Å². The molecule has 2 rings (SSSR count). The van der Waals surface area contributed by atoms with Crippen molar-refractivity contribution >= 4 is 17.7 Å². The van der Waals surface area contributed by atoms with Crippen molar-refractivity contribution in [3.63, 3.8) is 0 Å². The Balaban J connectivity index is 2.08. The summed E-state index contributed by atoms with van der Waals surface area (Å²) in [6.07, 6.45) is 0.808. The lowest BCUT2D eigenvalue weighted by Gasteiger charge is -2.25. The minimum atomic E-state index is -1.09. The largest absolute Gasteiger partial charge is 0.497 e. The summed E-state index contributed by atoms with van der Waals surface area (Å²) in [7, 11) is 3.12. The maximum atomic E-state index is 13.0. The number of amides is 2. The van der Waals surface area contributed by atoms with E-state index in [0.29, 0.717) is 42.6 Å². The van der Waals surface area contributed by atoms with Gasteiger partial charge in [0.25, 0.3) is 0 Å². The average Bonchev–Trinajstić information content (AvgIpc) is 2.80. The van der Waals surface area contributed by atoms with Gasteiger partial charge in [-0.15, -0.1) is 0 Å². The molecule has 1 N–H and O–H groups in total. The summed E-state index contributed by atoms with van der Waals surface area (Å²) in [5, 5.41) is 2.92. The van der Waals surface area contributed by atoms with E-state index in [9.17, 15) is 9.59 Å². The molecule has 0 radical (unpaired) electrons. The fraction of sp³-hybridized carbons (Fsp3) is 0.440. The SMILES string of the molecule is CCCN(Cc1ccc(OC(C)(C)C(=O)OCC)cc1)C(=O)Nc1ccc(OC)cc1OC. The molecule has 0 aliphatic rings. The van der Waals surface area contributed by atoms with Gasteiger partial charge in [-0.2, -0.15) is 0 Å². The van der Waals surface area contributed by atoms with Crippen molar-refractivity contribution in [2.24, 2.45) is 0 Å². The first-order chi connectivity index (χ1) is 15.7. The summed E-state index contributed by atoms with van der Waals surface area (Å²) in [4.78, 5) is 26.7. The van der Waals surface area contributed by atoms with Gasteiger partial charge in [0, 0.05) is 19.2 Å². The van der Waals surface area contributed by atoms with E-state index < -0.39 is 11.6 Å². The van der Waals surface area contributed by atoms with E-state index in [1.54, 1.807) is 70.2 Å². The van der Waals surface area contributed by atoms with Gasteiger partial charge in [0.1, 0.15) is 17.2 Å². The summed E-state index contributed by atoms with van der Waals surface area (Å²) >= 11 is 0. The van der Waals surface area contributed by atoms with Crippen LogP contribution < -0.4 is 19.5 Å². The molecular weight excluding hydrogens is 424 g/mol. The highest BCUT2D eigenvalue weighted by Crippen LogP contribution is 2.29. The van der Waals surface area contributed by atoms with Gasteiger partial charge in [0.2, 0.25) is 0 Å². The second-order valence-corrected chi connectivity index (χ2v) is 7.89. The molecule has 0 heterocycles. The van der Waals surface area contributed by atoms with Crippen LogP contribution >= 0.6 is 0 Å². The van der Waals surface area contributed by atoms with E-state index in [1.165, 1.54) is 0 Å². The normalized spacial score (nSPS) is 10.8. The van der Waals surface area contributed by atoms with Crippen molar-refractivity contribution in [2.45, 2.75) is 46.3 Å². The predicted molar refractivity (Wildman–Crippen MR) is 127 cm³/mol. The number of carbonyl (C=O) groups excluding carboxylic acids is 2. The molecule has 33 heavy (non-hydrogen) atoms. The number of hydrogen-bond donors (Lipinski definition) is 1. The molecule has 0 aliphatic carbocycles. The molecule has 0 aliphatic heterocycles. The summed E-state index contributed by atoms with van der Waals surface area (Å²) in [5.74, 6) is 1.29. The molecule has 180 valence electrons. The molecule has 2 amide bonds. The Morgan fingerprint density at radius 2 is 1.64 bits per heavy atom. The number of nitrogens with zero attached hydrogens (tertiary/aromatic N) is 1. The van der Waals surface area contributed by atoms with Gasteiger partial charge in [-0.05, 0) is 57.0 Å². The van der Waals surface area contributed by atoms with Gasteiger partial charge in [-0.25, -0.2) is 9.59 Å². The molecule has 2 aromatic carbocycles. The van der Waals surface area contributed by atoms with E-state index in [0.717, 1.165) is 12.0 Å². The van der Waals surface area contributed by atoms with Crippen LogP contribution in [0.3, 0.4) is 0 Å². The van der Waals surface area contributed by atoms with Gasteiger partial charge in [-0.1, -0.05) is 19.1 Å². The number of anilines is 1. The van der Waals surface area contributed by atoms with Crippen LogP contribution in [-0.4, -0.2) is 49.9 Å². The van der Waals surface area contributed by atoms with E-state index in [1.807, 2.05) is 19.1 Å². The highest BCUT2D eigenvalue weighted by atomic mass is 16.6. The molecule has 0 aromatic heterocycles. The van der Waals surface area contributed by atoms with Gasteiger partial charge in [-0.3, -0.25) is 0 Å². The monoisotopic (exact) mass is 458 g/mol. The van der Waals surface area contributed by atoms with Gasteiger partial charge >= 0.3 is 12.0 Å². The second kappa shape index (κ2) is 12.0. The Morgan fingerprint density at radius 3 is 2.21 bits per heavy atom. The lowest BCUT2D eigenvalue weighted by Crippen LogP contribution is -2.39. The molecule has 0 spiro atoms. The van der Waals surface area contributed by atoms with Crippen LogP contribution in [0.1, 0.15) is 39.7 Å². The number of carbonyl (C=O) groups is 2. The minimum Gasteiger partial charge on any atom is -0.497 e. The average molecular weight is 459 g/mol. The van der Waals surface area contributed by atoms with E-state index in [4.69, 9.17) is 18.9 Å². The molecule has 0 fully saturated rings. The van der Waals surface area contributed by atoms with Crippen LogP contribution in [0, 0.1) is 0 Å². The Bertz CT molecular complexity index is 927. The highest BCUT2D eigenvalue weighted by Gasteiger charge is 2.31. The van der Waals surface area contributed by atoms with E-state index in [2.05, 4.69) is 5.32 Å². The lowest BCUT2D eigenvalue weighted by atomic mass is 10.1. The number of nitrogens with one attached hydrogen (secondary N) is 1. The Morgan fingerprint density at radius 1 is 0.970 bits per heavy atom. The maximum Gasteiger partial charge on any atom is 0.349 e. The summed E-state index contributed by atoms with van der Waals surface area (Å²) in [6, 6.07) is 12.3. The number of methoxy groups -OCH3 is 2. The zero-order chi connectivity index (χ0) is 24.4. The third-order valence-electron chi connectivity index (χ3n) is 4.87. The third-order valence-corrected chi connectivity index (χ3v) is 4.87. The van der Waals surface area contributed by atoms with Crippen molar-refractivity contribution in [1.29, 1.82) is 0 Å². The van der Waals surface area contributed by atoms with E-state index in [-0.39, 0.29) is 6.03 Å². The number of hydrogen-bond acceptors (Lipinski definition) is 6. The van der Waals surface area contributed by atoms with Crippen molar-refractivity contribution in [2.75, 3.05) is 32.7 Å². The van der Waals surface area contributed by atoms with Crippen molar-refractivity contribution in [3.05, 3.63) is 48.0 Å².